The first-order valence-corrected chi connectivity index (χ1v) is 9.76. The Balaban J connectivity index is 1.89. The quantitative estimate of drug-likeness (QED) is 0.341. The molecule has 1 aliphatic rings. The van der Waals surface area contributed by atoms with E-state index in [0.717, 1.165) is 31.2 Å². The number of hydrogen-bond donors (Lipinski definition) is 0. The van der Waals surface area contributed by atoms with Crippen LogP contribution in [0.4, 0.5) is 13.2 Å². The van der Waals surface area contributed by atoms with Crippen LogP contribution in [0.2, 0.25) is 0 Å². The monoisotopic (exact) mass is 382 g/mol. The van der Waals surface area contributed by atoms with E-state index >= 15 is 4.39 Å². The molecule has 0 nitrogen and oxygen atoms in total. The first kappa shape index (κ1) is 20.2. The molecule has 2 aromatic rings. The van der Waals surface area contributed by atoms with Crippen molar-refractivity contribution >= 4 is 5.57 Å². The van der Waals surface area contributed by atoms with Gasteiger partial charge in [-0.1, -0.05) is 48.6 Å². The van der Waals surface area contributed by atoms with Gasteiger partial charge >= 0.3 is 0 Å². The van der Waals surface area contributed by atoms with Crippen LogP contribution in [0.5, 0.6) is 0 Å². The Morgan fingerprint density at radius 2 is 1.86 bits per heavy atom. The van der Waals surface area contributed by atoms with Crippen LogP contribution < -0.4 is 0 Å². The van der Waals surface area contributed by atoms with Crippen molar-refractivity contribution in [1.29, 1.82) is 0 Å². The van der Waals surface area contributed by atoms with Crippen molar-refractivity contribution in [2.24, 2.45) is 0 Å². The third kappa shape index (κ3) is 4.64. The fourth-order valence-electron chi connectivity index (χ4n) is 3.63. The topological polar surface area (TPSA) is 0 Å². The molecule has 0 heterocycles. The summed E-state index contributed by atoms with van der Waals surface area (Å²) in [5.41, 5.74) is 0.229. The molecule has 2 aromatic carbocycles. The summed E-state index contributed by atoms with van der Waals surface area (Å²) in [6, 6.07) is 13.1. The molecule has 0 fully saturated rings. The van der Waals surface area contributed by atoms with Crippen molar-refractivity contribution in [1.82, 2.24) is 0 Å². The lowest BCUT2D eigenvalue weighted by Crippen LogP contribution is -2.24. The third-order valence-electron chi connectivity index (χ3n) is 5.13. The Hall–Kier alpha value is -2.55. The number of aryl methyl sites for hydroxylation is 1. The van der Waals surface area contributed by atoms with Crippen LogP contribution in [-0.2, 0) is 12.1 Å². The smallest absolute Gasteiger partial charge is 0.165 e. The maximum Gasteiger partial charge on any atom is 0.165 e. The van der Waals surface area contributed by atoms with E-state index in [1.54, 1.807) is 12.1 Å². The van der Waals surface area contributed by atoms with E-state index in [0.29, 0.717) is 5.56 Å². The predicted octanol–water partition coefficient (Wildman–Crippen LogP) is 7.62. The number of benzene rings is 2. The highest BCUT2D eigenvalue weighted by molar-refractivity contribution is 5.77. The number of hydrogen-bond acceptors (Lipinski definition) is 0. The van der Waals surface area contributed by atoms with Gasteiger partial charge in [0.1, 0.15) is 11.6 Å². The molecule has 146 valence electrons. The first-order chi connectivity index (χ1) is 13.5. The van der Waals surface area contributed by atoms with Gasteiger partial charge in [0.2, 0.25) is 0 Å². The van der Waals surface area contributed by atoms with Crippen molar-refractivity contribution in [3.63, 3.8) is 0 Å². The molecule has 1 aliphatic carbocycles. The van der Waals surface area contributed by atoms with Crippen LogP contribution in [0.3, 0.4) is 0 Å². The molecule has 0 radical (unpaired) electrons. The second kappa shape index (κ2) is 9.09. The van der Waals surface area contributed by atoms with Crippen molar-refractivity contribution in [3.8, 4) is 0 Å². The second-order valence-electron chi connectivity index (χ2n) is 7.18. The third-order valence-corrected chi connectivity index (χ3v) is 5.13. The number of rotatable bonds is 7. The van der Waals surface area contributed by atoms with Crippen LogP contribution in [0.15, 0.2) is 78.7 Å². The molecule has 1 unspecified atom stereocenters. The summed E-state index contributed by atoms with van der Waals surface area (Å²) < 4.78 is 43.8. The van der Waals surface area contributed by atoms with Crippen LogP contribution in [0, 0.1) is 5.82 Å². The average Bonchev–Trinajstić information content (AvgIpc) is 2.70. The van der Waals surface area contributed by atoms with Crippen molar-refractivity contribution in [2.45, 2.75) is 44.7 Å². The molecular weight excluding hydrogens is 357 g/mol. The lowest BCUT2D eigenvalue weighted by molar-refractivity contribution is 0.246. The number of allylic oxidation sites excluding steroid dienone is 6. The summed E-state index contributed by atoms with van der Waals surface area (Å²) in [5, 5.41) is 0. The van der Waals surface area contributed by atoms with Crippen LogP contribution >= 0.6 is 0 Å². The Bertz CT molecular complexity index is 908. The molecule has 0 spiro atoms. The van der Waals surface area contributed by atoms with E-state index in [4.69, 9.17) is 0 Å². The molecule has 28 heavy (non-hydrogen) atoms. The Labute approximate surface area is 165 Å². The zero-order chi connectivity index (χ0) is 20.0. The molecule has 3 rings (SSSR count). The summed E-state index contributed by atoms with van der Waals surface area (Å²) in [7, 11) is 0. The lowest BCUT2D eigenvalue weighted by atomic mass is 9.78. The Kier molecular flexibility index (Phi) is 6.56. The minimum Gasteiger partial charge on any atom is -0.233 e. The molecule has 0 aliphatic heterocycles. The summed E-state index contributed by atoms with van der Waals surface area (Å²) in [5.74, 6) is -0.963. The summed E-state index contributed by atoms with van der Waals surface area (Å²) in [6.07, 6.45) is 10.6. The first-order valence-electron chi connectivity index (χ1n) is 9.76. The molecule has 0 amide bonds. The van der Waals surface area contributed by atoms with Gasteiger partial charge in [0.05, 0.1) is 0 Å². The molecule has 0 bridgehead atoms. The largest absolute Gasteiger partial charge is 0.233 e. The highest BCUT2D eigenvalue weighted by atomic mass is 19.1. The van der Waals surface area contributed by atoms with E-state index in [1.807, 2.05) is 31.2 Å². The van der Waals surface area contributed by atoms with Crippen molar-refractivity contribution in [3.05, 3.63) is 101 Å². The van der Waals surface area contributed by atoms with Crippen LogP contribution in [0.1, 0.15) is 49.3 Å². The summed E-state index contributed by atoms with van der Waals surface area (Å²) >= 11 is 0. The maximum absolute atomic E-state index is 16.1. The minimum absolute atomic E-state index is 0.151. The molecule has 0 N–H and O–H groups in total. The van der Waals surface area contributed by atoms with Gasteiger partial charge in [-0.15, -0.1) is 0 Å². The number of halogens is 3. The maximum atomic E-state index is 16.1. The van der Waals surface area contributed by atoms with Gasteiger partial charge in [-0.25, -0.2) is 13.2 Å². The average molecular weight is 382 g/mol. The fraction of sp³-hybridized carbons (Fsp3) is 0.280. The SMILES string of the molecule is CC=CCCCCc1cccc(C2=CC(F)=CCC2(F)c2cccc(F)c2)c1. The molecule has 1 atom stereocenters. The molecule has 3 heteroatoms. The normalized spacial score (nSPS) is 19.6. The molecule has 0 saturated carbocycles. The van der Waals surface area contributed by atoms with Crippen molar-refractivity contribution in [2.75, 3.05) is 0 Å². The van der Waals surface area contributed by atoms with E-state index < -0.39 is 17.3 Å². The van der Waals surface area contributed by atoms with Crippen LogP contribution in [-0.4, -0.2) is 0 Å². The standard InChI is InChI=1S/C25H25F3/c1-2-3-4-5-6-9-19-10-7-11-20(16-19)24-18-23(27)14-15-25(24,28)21-12-8-13-22(26)17-21/h2-3,7-8,10-14,16-18H,4-6,9,15H2,1H3. The molecular formula is C25H25F3. The Morgan fingerprint density at radius 3 is 2.64 bits per heavy atom. The molecule has 0 saturated heterocycles. The lowest BCUT2D eigenvalue weighted by Gasteiger charge is -2.31. The van der Waals surface area contributed by atoms with Gasteiger partial charge in [-0.3, -0.25) is 0 Å². The van der Waals surface area contributed by atoms with Gasteiger partial charge in [0.15, 0.2) is 5.67 Å². The summed E-state index contributed by atoms with van der Waals surface area (Å²) in [6.45, 7) is 2.01. The number of alkyl halides is 1. The van der Waals surface area contributed by atoms with Gasteiger partial charge < -0.3 is 0 Å². The zero-order valence-electron chi connectivity index (χ0n) is 16.1. The van der Waals surface area contributed by atoms with Gasteiger partial charge in [-0.2, -0.15) is 0 Å². The van der Waals surface area contributed by atoms with Gasteiger partial charge in [-0.05, 0) is 73.6 Å². The molecule has 0 aromatic heterocycles. The van der Waals surface area contributed by atoms with Gasteiger partial charge in [0, 0.05) is 12.0 Å². The highest BCUT2D eigenvalue weighted by Crippen LogP contribution is 2.46. The van der Waals surface area contributed by atoms with E-state index in [1.165, 1.54) is 30.4 Å². The number of unbranched alkanes of at least 4 members (excludes halogenated alkanes) is 2. The van der Waals surface area contributed by atoms with Crippen molar-refractivity contribution < 1.29 is 13.2 Å². The van der Waals surface area contributed by atoms with E-state index in [9.17, 15) is 8.78 Å². The Morgan fingerprint density at radius 1 is 1.04 bits per heavy atom. The van der Waals surface area contributed by atoms with E-state index in [-0.39, 0.29) is 17.6 Å². The van der Waals surface area contributed by atoms with Gasteiger partial charge in [0.25, 0.3) is 0 Å². The second-order valence-corrected chi connectivity index (χ2v) is 7.18. The summed E-state index contributed by atoms with van der Waals surface area (Å²) in [4.78, 5) is 0. The van der Waals surface area contributed by atoms with E-state index in [2.05, 4.69) is 6.08 Å². The minimum atomic E-state index is -1.96. The zero-order valence-corrected chi connectivity index (χ0v) is 16.1. The highest BCUT2D eigenvalue weighted by Gasteiger charge is 2.39. The van der Waals surface area contributed by atoms with Crippen LogP contribution in [0.25, 0.3) is 5.57 Å². The fourth-order valence-corrected chi connectivity index (χ4v) is 3.63. The predicted molar refractivity (Wildman–Crippen MR) is 110 cm³/mol.